The third-order valence-electron chi connectivity index (χ3n) is 4.12. The van der Waals surface area contributed by atoms with Gasteiger partial charge in [0.2, 0.25) is 0 Å². The molecule has 1 aromatic heterocycles. The standard InChI is InChI=1S/C15H25N3O3/c1-15(20,13-5-4-8-21-13)10-16-14(19)17-11-6-7-12(9-11)18(2)3/h4-5,8,11-12,20H,6-7,9-10H2,1-3H3,(H2,16,17,19). The number of aliphatic hydroxyl groups is 1. The van der Waals surface area contributed by atoms with Gasteiger partial charge in [-0.1, -0.05) is 0 Å². The Labute approximate surface area is 125 Å². The first-order valence-corrected chi connectivity index (χ1v) is 7.35. The highest BCUT2D eigenvalue weighted by Crippen LogP contribution is 2.22. The van der Waals surface area contributed by atoms with Crippen LogP contribution in [-0.4, -0.2) is 48.8 Å². The Morgan fingerprint density at radius 3 is 2.86 bits per heavy atom. The molecule has 0 spiro atoms. The largest absolute Gasteiger partial charge is 0.466 e. The lowest BCUT2D eigenvalue weighted by Crippen LogP contribution is -2.46. The maximum atomic E-state index is 11.9. The summed E-state index contributed by atoms with van der Waals surface area (Å²) in [5, 5.41) is 15.9. The van der Waals surface area contributed by atoms with Crippen LogP contribution in [0.1, 0.15) is 31.9 Å². The van der Waals surface area contributed by atoms with Gasteiger partial charge in [-0.25, -0.2) is 4.79 Å². The van der Waals surface area contributed by atoms with E-state index in [1.807, 2.05) is 0 Å². The van der Waals surface area contributed by atoms with Crippen molar-refractivity contribution in [3.63, 3.8) is 0 Å². The Bertz CT molecular complexity index is 457. The lowest BCUT2D eigenvalue weighted by atomic mass is 10.0. The summed E-state index contributed by atoms with van der Waals surface area (Å²) in [6, 6.07) is 3.89. The molecule has 0 aromatic carbocycles. The summed E-state index contributed by atoms with van der Waals surface area (Å²) in [7, 11) is 4.13. The summed E-state index contributed by atoms with van der Waals surface area (Å²) in [4.78, 5) is 14.1. The molecule has 1 aliphatic carbocycles. The maximum Gasteiger partial charge on any atom is 0.315 e. The zero-order valence-corrected chi connectivity index (χ0v) is 12.9. The SMILES string of the molecule is CN(C)C1CCC(NC(=O)NCC(C)(O)c2ccco2)C1. The molecule has 6 nitrogen and oxygen atoms in total. The van der Waals surface area contributed by atoms with Crippen LogP contribution in [0.2, 0.25) is 0 Å². The fourth-order valence-electron chi connectivity index (χ4n) is 2.72. The van der Waals surface area contributed by atoms with Gasteiger partial charge in [-0.3, -0.25) is 0 Å². The quantitative estimate of drug-likeness (QED) is 0.764. The fraction of sp³-hybridized carbons (Fsp3) is 0.667. The van der Waals surface area contributed by atoms with Crippen LogP contribution in [0.5, 0.6) is 0 Å². The van der Waals surface area contributed by atoms with Crippen molar-refractivity contribution in [3.05, 3.63) is 24.2 Å². The molecular weight excluding hydrogens is 270 g/mol. The second-order valence-corrected chi connectivity index (χ2v) is 6.21. The third-order valence-corrected chi connectivity index (χ3v) is 4.12. The zero-order valence-electron chi connectivity index (χ0n) is 12.9. The topological polar surface area (TPSA) is 77.7 Å². The molecule has 1 heterocycles. The highest BCUT2D eigenvalue weighted by molar-refractivity contribution is 5.74. The average Bonchev–Trinajstić information content (AvgIpc) is 3.07. The normalized spacial score (nSPS) is 24.8. The number of furan rings is 1. The second kappa shape index (κ2) is 6.49. The molecule has 1 fully saturated rings. The summed E-state index contributed by atoms with van der Waals surface area (Å²) >= 11 is 0. The molecule has 1 aliphatic rings. The van der Waals surface area contributed by atoms with E-state index in [1.54, 1.807) is 19.1 Å². The van der Waals surface area contributed by atoms with Crippen molar-refractivity contribution >= 4 is 6.03 Å². The van der Waals surface area contributed by atoms with Crippen molar-refractivity contribution in [1.29, 1.82) is 0 Å². The molecule has 3 unspecified atom stereocenters. The molecule has 118 valence electrons. The van der Waals surface area contributed by atoms with Crippen molar-refractivity contribution in [1.82, 2.24) is 15.5 Å². The summed E-state index contributed by atoms with van der Waals surface area (Å²) in [5.74, 6) is 0.441. The number of nitrogens with zero attached hydrogens (tertiary/aromatic N) is 1. The third kappa shape index (κ3) is 4.22. The molecule has 3 N–H and O–H groups in total. The van der Waals surface area contributed by atoms with Crippen LogP contribution < -0.4 is 10.6 Å². The van der Waals surface area contributed by atoms with E-state index in [1.165, 1.54) is 6.26 Å². The predicted octanol–water partition coefficient (Wildman–Crippen LogP) is 1.27. The number of carbonyl (C=O) groups is 1. The molecule has 0 bridgehead atoms. The van der Waals surface area contributed by atoms with Crippen LogP contribution in [-0.2, 0) is 5.60 Å². The van der Waals surface area contributed by atoms with E-state index in [9.17, 15) is 9.90 Å². The van der Waals surface area contributed by atoms with Gasteiger partial charge in [0, 0.05) is 12.1 Å². The Hall–Kier alpha value is -1.53. The molecule has 6 heteroatoms. The molecule has 2 rings (SSSR count). The number of hydrogen-bond acceptors (Lipinski definition) is 4. The molecule has 0 radical (unpaired) electrons. The van der Waals surface area contributed by atoms with Crippen LogP contribution >= 0.6 is 0 Å². The number of urea groups is 1. The molecule has 1 aromatic rings. The maximum absolute atomic E-state index is 11.9. The highest BCUT2D eigenvalue weighted by Gasteiger charge is 2.29. The minimum Gasteiger partial charge on any atom is -0.466 e. The van der Waals surface area contributed by atoms with E-state index < -0.39 is 5.60 Å². The minimum absolute atomic E-state index is 0.107. The summed E-state index contributed by atoms with van der Waals surface area (Å²) in [5.41, 5.74) is -1.21. The summed E-state index contributed by atoms with van der Waals surface area (Å²) in [6.07, 6.45) is 4.56. The van der Waals surface area contributed by atoms with Crippen molar-refractivity contribution in [2.45, 2.75) is 43.9 Å². The Balaban J connectivity index is 1.76. The number of carbonyl (C=O) groups excluding carboxylic acids is 1. The van der Waals surface area contributed by atoms with E-state index in [0.717, 1.165) is 19.3 Å². The summed E-state index contributed by atoms with van der Waals surface area (Å²) in [6.45, 7) is 1.72. The van der Waals surface area contributed by atoms with Crippen molar-refractivity contribution in [2.24, 2.45) is 0 Å². The molecule has 3 atom stereocenters. The van der Waals surface area contributed by atoms with E-state index in [0.29, 0.717) is 11.8 Å². The van der Waals surface area contributed by atoms with Crippen LogP contribution in [0.3, 0.4) is 0 Å². The van der Waals surface area contributed by atoms with Gasteiger partial charge in [0.05, 0.1) is 12.8 Å². The lowest BCUT2D eigenvalue weighted by Gasteiger charge is -2.22. The van der Waals surface area contributed by atoms with E-state index in [2.05, 4.69) is 29.6 Å². The molecule has 21 heavy (non-hydrogen) atoms. The first-order chi connectivity index (χ1) is 9.88. The average molecular weight is 295 g/mol. The number of nitrogens with one attached hydrogen (secondary N) is 2. The summed E-state index contributed by atoms with van der Waals surface area (Å²) < 4.78 is 5.18. The van der Waals surface area contributed by atoms with E-state index >= 15 is 0 Å². The van der Waals surface area contributed by atoms with Crippen molar-refractivity contribution in [3.8, 4) is 0 Å². The smallest absolute Gasteiger partial charge is 0.315 e. The molecule has 2 amide bonds. The van der Waals surface area contributed by atoms with Crippen molar-refractivity contribution < 1.29 is 14.3 Å². The first kappa shape index (κ1) is 15.9. The molecule has 1 saturated carbocycles. The van der Waals surface area contributed by atoms with E-state index in [4.69, 9.17) is 4.42 Å². The van der Waals surface area contributed by atoms with Gasteiger partial charge in [-0.15, -0.1) is 0 Å². The fourth-order valence-corrected chi connectivity index (χ4v) is 2.72. The van der Waals surface area contributed by atoms with Gasteiger partial charge < -0.3 is 25.1 Å². The van der Waals surface area contributed by atoms with Crippen molar-refractivity contribution in [2.75, 3.05) is 20.6 Å². The van der Waals surface area contributed by atoms with Gasteiger partial charge in [0.25, 0.3) is 0 Å². The molecule has 0 saturated heterocycles. The van der Waals surface area contributed by atoms with E-state index in [-0.39, 0.29) is 18.6 Å². The van der Waals surface area contributed by atoms with Crippen LogP contribution in [0.25, 0.3) is 0 Å². The Morgan fingerprint density at radius 2 is 2.29 bits per heavy atom. The highest BCUT2D eigenvalue weighted by atomic mass is 16.4. The first-order valence-electron chi connectivity index (χ1n) is 7.35. The van der Waals surface area contributed by atoms with Crippen LogP contribution in [0.4, 0.5) is 4.79 Å². The monoisotopic (exact) mass is 295 g/mol. The van der Waals surface area contributed by atoms with Gasteiger partial charge in [0.1, 0.15) is 11.4 Å². The zero-order chi connectivity index (χ0) is 15.5. The van der Waals surface area contributed by atoms with Gasteiger partial charge in [-0.05, 0) is 52.4 Å². The number of rotatable bonds is 5. The Morgan fingerprint density at radius 1 is 1.52 bits per heavy atom. The molecule has 0 aliphatic heterocycles. The minimum atomic E-state index is -1.21. The lowest BCUT2D eigenvalue weighted by molar-refractivity contribution is 0.0366. The van der Waals surface area contributed by atoms with Crippen LogP contribution in [0.15, 0.2) is 22.8 Å². The molecular formula is C15H25N3O3. The second-order valence-electron chi connectivity index (χ2n) is 6.21. The Kier molecular flexibility index (Phi) is 4.90. The van der Waals surface area contributed by atoms with Gasteiger partial charge in [-0.2, -0.15) is 0 Å². The van der Waals surface area contributed by atoms with Crippen LogP contribution in [0, 0.1) is 0 Å². The number of hydrogen-bond donors (Lipinski definition) is 3. The van der Waals surface area contributed by atoms with Gasteiger partial charge >= 0.3 is 6.03 Å². The van der Waals surface area contributed by atoms with Gasteiger partial charge in [0.15, 0.2) is 0 Å². The predicted molar refractivity (Wildman–Crippen MR) is 79.9 cm³/mol. The number of amides is 2.